The normalized spacial score (nSPS) is 12.0. The van der Waals surface area contributed by atoms with Crippen LogP contribution in [-0.2, 0) is 16.6 Å². The number of sulfonamides is 1. The van der Waals surface area contributed by atoms with Crippen LogP contribution in [-0.4, -0.2) is 19.8 Å². The number of nitrogens with two attached hydrogens (primary N) is 1. The van der Waals surface area contributed by atoms with Crippen molar-refractivity contribution in [2.45, 2.75) is 25.3 Å². The number of rotatable bonds is 4. The molecule has 0 atom stereocenters. The van der Waals surface area contributed by atoms with Crippen molar-refractivity contribution in [3.8, 4) is 0 Å². The molecule has 0 bridgehead atoms. The molecule has 114 valence electrons. The molecule has 0 saturated heterocycles. The first-order chi connectivity index (χ1) is 9.73. The number of thiophene rings is 1. The minimum absolute atomic E-state index is 0.306. The first kappa shape index (κ1) is 16.5. The third kappa shape index (κ3) is 3.31. The molecule has 7 heteroatoms. The van der Waals surface area contributed by atoms with Gasteiger partial charge in [0.25, 0.3) is 0 Å². The summed E-state index contributed by atoms with van der Waals surface area (Å²) in [5.74, 6) is 0. The van der Waals surface area contributed by atoms with Crippen LogP contribution in [0.5, 0.6) is 0 Å². The Morgan fingerprint density at radius 2 is 2.00 bits per heavy atom. The second-order valence-corrected chi connectivity index (χ2v) is 8.81. The Morgan fingerprint density at radius 3 is 2.57 bits per heavy atom. The highest BCUT2D eigenvalue weighted by atomic mass is 79.9. The maximum atomic E-state index is 12.8. The van der Waals surface area contributed by atoms with E-state index >= 15 is 0 Å². The van der Waals surface area contributed by atoms with Crippen LogP contribution in [0.4, 0.5) is 5.69 Å². The maximum absolute atomic E-state index is 12.8. The Kier molecular flexibility index (Phi) is 4.77. The molecule has 0 aliphatic heterocycles. The number of benzene rings is 1. The van der Waals surface area contributed by atoms with Gasteiger partial charge in [0.1, 0.15) is 0 Å². The molecule has 0 spiro atoms. The van der Waals surface area contributed by atoms with Crippen molar-refractivity contribution in [3.63, 3.8) is 0 Å². The van der Waals surface area contributed by atoms with Gasteiger partial charge in [0.15, 0.2) is 0 Å². The van der Waals surface area contributed by atoms with Gasteiger partial charge < -0.3 is 5.73 Å². The van der Waals surface area contributed by atoms with Crippen LogP contribution in [0.3, 0.4) is 0 Å². The molecule has 2 N–H and O–H groups in total. The highest BCUT2D eigenvalue weighted by Gasteiger charge is 2.26. The lowest BCUT2D eigenvalue weighted by Crippen LogP contribution is -2.27. The van der Waals surface area contributed by atoms with Crippen LogP contribution in [0.25, 0.3) is 0 Å². The summed E-state index contributed by atoms with van der Waals surface area (Å²) in [4.78, 5) is 1.28. The molecule has 0 fully saturated rings. The van der Waals surface area contributed by atoms with Gasteiger partial charge in [-0.25, -0.2) is 8.42 Å². The largest absolute Gasteiger partial charge is 0.398 e. The molecular weight excluding hydrogens is 372 g/mol. The van der Waals surface area contributed by atoms with E-state index in [0.717, 1.165) is 9.35 Å². The number of hydrogen-bond acceptors (Lipinski definition) is 4. The van der Waals surface area contributed by atoms with Crippen LogP contribution in [0.15, 0.2) is 32.9 Å². The van der Waals surface area contributed by atoms with Crippen molar-refractivity contribution < 1.29 is 8.42 Å². The molecule has 1 heterocycles. The fraction of sp³-hybridized carbons (Fsp3) is 0.286. The molecule has 0 aliphatic rings. The van der Waals surface area contributed by atoms with E-state index in [9.17, 15) is 8.42 Å². The van der Waals surface area contributed by atoms with E-state index in [1.165, 1.54) is 15.6 Å². The van der Waals surface area contributed by atoms with Crippen LogP contribution < -0.4 is 5.73 Å². The van der Waals surface area contributed by atoms with Crippen LogP contribution in [0.1, 0.15) is 16.0 Å². The number of nitrogens with zero attached hydrogens (tertiary/aromatic N) is 1. The fourth-order valence-electron chi connectivity index (χ4n) is 2.14. The van der Waals surface area contributed by atoms with Gasteiger partial charge >= 0.3 is 0 Å². The van der Waals surface area contributed by atoms with E-state index in [4.69, 9.17) is 5.73 Å². The number of aryl methyl sites for hydroxylation is 1. The second kappa shape index (κ2) is 6.08. The first-order valence-corrected chi connectivity index (χ1v) is 9.39. The lowest BCUT2D eigenvalue weighted by Gasteiger charge is -2.20. The minimum atomic E-state index is -3.57. The Labute approximate surface area is 137 Å². The predicted molar refractivity (Wildman–Crippen MR) is 91.0 cm³/mol. The quantitative estimate of drug-likeness (QED) is 0.814. The standard InChI is InChI=1S/C14H17BrN2O2S2/c1-9-4-5-13(16)10(2)14(9)21(18,19)17(3)7-12-6-11(15)8-20-12/h4-6,8H,7,16H2,1-3H3. The van der Waals surface area contributed by atoms with E-state index in [0.29, 0.717) is 28.3 Å². The molecular formula is C14H17BrN2O2S2. The Balaban J connectivity index is 2.40. The molecule has 1 aromatic heterocycles. The van der Waals surface area contributed by atoms with Gasteiger partial charge in [-0.3, -0.25) is 0 Å². The summed E-state index contributed by atoms with van der Waals surface area (Å²) in [5.41, 5.74) is 7.66. The van der Waals surface area contributed by atoms with Crippen LogP contribution in [0, 0.1) is 13.8 Å². The topological polar surface area (TPSA) is 63.4 Å². The summed E-state index contributed by atoms with van der Waals surface area (Å²) in [5, 5.41) is 1.94. The molecule has 0 aliphatic carbocycles. The average Bonchev–Trinajstić information content (AvgIpc) is 2.79. The third-order valence-corrected chi connectivity index (χ3v) is 7.09. The van der Waals surface area contributed by atoms with E-state index in [1.807, 2.05) is 11.4 Å². The number of halogens is 1. The summed E-state index contributed by atoms with van der Waals surface area (Å²) < 4.78 is 27.9. The lowest BCUT2D eigenvalue weighted by molar-refractivity contribution is 0.468. The smallest absolute Gasteiger partial charge is 0.243 e. The van der Waals surface area contributed by atoms with Crippen molar-refractivity contribution in [3.05, 3.63) is 44.1 Å². The highest BCUT2D eigenvalue weighted by Crippen LogP contribution is 2.29. The summed E-state index contributed by atoms with van der Waals surface area (Å²) in [6.07, 6.45) is 0. The van der Waals surface area contributed by atoms with Crippen molar-refractivity contribution in [1.29, 1.82) is 0 Å². The average molecular weight is 389 g/mol. The number of nitrogen functional groups attached to an aromatic ring is 1. The Morgan fingerprint density at radius 1 is 1.33 bits per heavy atom. The van der Waals surface area contributed by atoms with Gasteiger partial charge in [-0.05, 0) is 53.0 Å². The van der Waals surface area contributed by atoms with Gasteiger partial charge in [0.05, 0.1) is 4.90 Å². The Hall–Kier alpha value is -0.890. The molecule has 4 nitrogen and oxygen atoms in total. The van der Waals surface area contributed by atoms with Crippen molar-refractivity contribution in [2.75, 3.05) is 12.8 Å². The van der Waals surface area contributed by atoms with Gasteiger partial charge in [-0.2, -0.15) is 4.31 Å². The summed E-state index contributed by atoms with van der Waals surface area (Å²) in [7, 11) is -1.98. The van der Waals surface area contributed by atoms with Crippen molar-refractivity contribution >= 4 is 43.0 Å². The molecule has 0 amide bonds. The minimum Gasteiger partial charge on any atom is -0.398 e. The summed E-state index contributed by atoms with van der Waals surface area (Å²) in [6.45, 7) is 3.87. The molecule has 21 heavy (non-hydrogen) atoms. The summed E-state index contributed by atoms with van der Waals surface area (Å²) >= 11 is 4.90. The fourth-order valence-corrected chi connectivity index (χ4v) is 5.32. The van der Waals surface area contributed by atoms with Crippen LogP contribution >= 0.6 is 27.3 Å². The zero-order valence-corrected chi connectivity index (χ0v) is 15.3. The van der Waals surface area contributed by atoms with Gasteiger partial charge in [-0.15, -0.1) is 11.3 Å². The molecule has 2 aromatic rings. The summed E-state index contributed by atoms with van der Waals surface area (Å²) in [6, 6.07) is 5.40. The lowest BCUT2D eigenvalue weighted by atomic mass is 10.1. The predicted octanol–water partition coefficient (Wildman–Crippen LogP) is 3.53. The van der Waals surface area contributed by atoms with E-state index in [2.05, 4.69) is 15.9 Å². The third-order valence-electron chi connectivity index (χ3n) is 3.31. The second-order valence-electron chi connectivity index (χ2n) is 4.92. The first-order valence-electron chi connectivity index (χ1n) is 6.28. The molecule has 0 radical (unpaired) electrons. The monoisotopic (exact) mass is 388 g/mol. The van der Waals surface area contributed by atoms with E-state index < -0.39 is 10.0 Å². The highest BCUT2D eigenvalue weighted by molar-refractivity contribution is 9.10. The molecule has 0 unspecified atom stereocenters. The maximum Gasteiger partial charge on any atom is 0.243 e. The SMILES string of the molecule is Cc1ccc(N)c(C)c1S(=O)(=O)N(C)Cc1cc(Br)cs1. The number of hydrogen-bond donors (Lipinski definition) is 1. The van der Waals surface area contributed by atoms with Gasteiger partial charge in [-0.1, -0.05) is 6.07 Å². The van der Waals surface area contributed by atoms with E-state index in [-0.39, 0.29) is 0 Å². The Bertz CT molecular complexity index is 769. The van der Waals surface area contributed by atoms with E-state index in [1.54, 1.807) is 33.0 Å². The zero-order chi connectivity index (χ0) is 15.8. The van der Waals surface area contributed by atoms with Crippen molar-refractivity contribution in [1.82, 2.24) is 4.31 Å². The molecule has 2 rings (SSSR count). The van der Waals surface area contributed by atoms with Crippen LogP contribution in [0.2, 0.25) is 0 Å². The zero-order valence-electron chi connectivity index (χ0n) is 12.1. The molecule has 1 aromatic carbocycles. The van der Waals surface area contributed by atoms with Crippen molar-refractivity contribution in [2.24, 2.45) is 0 Å². The van der Waals surface area contributed by atoms with Gasteiger partial charge in [0, 0.05) is 34.0 Å². The molecule has 0 saturated carbocycles. The van der Waals surface area contributed by atoms with Gasteiger partial charge in [0.2, 0.25) is 10.0 Å². The number of anilines is 1.